The van der Waals surface area contributed by atoms with E-state index in [1.165, 1.54) is 0 Å². The maximum atomic E-state index is 11.5. The molecule has 0 aliphatic carbocycles. The normalized spacial score (nSPS) is 20.1. The lowest BCUT2D eigenvalue weighted by molar-refractivity contribution is -0.122. The smallest absolute Gasteiger partial charge is 0.234 e. The van der Waals surface area contributed by atoms with E-state index in [0.717, 1.165) is 47.2 Å². The number of hydrogen-bond acceptors (Lipinski definition) is 6. The Balaban J connectivity index is 1.52. The van der Waals surface area contributed by atoms with Crippen molar-refractivity contribution in [1.82, 2.24) is 9.88 Å². The van der Waals surface area contributed by atoms with E-state index < -0.39 is 0 Å². The molecule has 0 radical (unpaired) electrons. The van der Waals surface area contributed by atoms with Gasteiger partial charge in [-0.05, 0) is 37.6 Å². The van der Waals surface area contributed by atoms with Crippen molar-refractivity contribution in [2.45, 2.75) is 25.4 Å². The molecule has 1 fully saturated rings. The average Bonchev–Trinajstić information content (AvgIpc) is 3.26. The molecule has 120 valence electrons. The van der Waals surface area contributed by atoms with Gasteiger partial charge in [0.15, 0.2) is 11.5 Å². The van der Waals surface area contributed by atoms with E-state index in [2.05, 4.69) is 4.90 Å². The van der Waals surface area contributed by atoms with Crippen LogP contribution in [0.15, 0.2) is 23.6 Å². The van der Waals surface area contributed by atoms with Gasteiger partial charge in [0.1, 0.15) is 5.01 Å². The number of nitrogens with two attached hydrogens (primary N) is 1. The molecule has 1 amide bonds. The molecule has 1 aromatic carbocycles. The zero-order valence-corrected chi connectivity index (χ0v) is 13.3. The summed E-state index contributed by atoms with van der Waals surface area (Å²) in [6.07, 6.45) is 1.85. The van der Waals surface area contributed by atoms with Gasteiger partial charge < -0.3 is 15.2 Å². The molecule has 2 aromatic rings. The van der Waals surface area contributed by atoms with Gasteiger partial charge in [-0.2, -0.15) is 0 Å². The van der Waals surface area contributed by atoms with Crippen LogP contribution in [0.25, 0.3) is 10.6 Å². The third kappa shape index (κ3) is 2.77. The average molecular weight is 331 g/mol. The van der Waals surface area contributed by atoms with Crippen LogP contribution in [-0.2, 0) is 11.3 Å². The lowest BCUT2D eigenvalue weighted by Crippen LogP contribution is -2.39. The van der Waals surface area contributed by atoms with Gasteiger partial charge >= 0.3 is 0 Å². The molecule has 0 saturated carbocycles. The van der Waals surface area contributed by atoms with Gasteiger partial charge in [0.2, 0.25) is 12.7 Å². The van der Waals surface area contributed by atoms with Crippen molar-refractivity contribution in [3.63, 3.8) is 0 Å². The van der Waals surface area contributed by atoms with Gasteiger partial charge in [-0.1, -0.05) is 0 Å². The van der Waals surface area contributed by atoms with Crippen molar-refractivity contribution in [1.29, 1.82) is 0 Å². The van der Waals surface area contributed by atoms with E-state index in [9.17, 15) is 4.79 Å². The Kier molecular flexibility index (Phi) is 3.66. The Morgan fingerprint density at radius 2 is 2.26 bits per heavy atom. The van der Waals surface area contributed by atoms with E-state index in [4.69, 9.17) is 20.2 Å². The number of primary amides is 1. The van der Waals surface area contributed by atoms with Crippen LogP contribution in [0, 0.1) is 0 Å². The van der Waals surface area contributed by atoms with Crippen LogP contribution in [0.3, 0.4) is 0 Å². The number of hydrogen-bond donors (Lipinski definition) is 1. The molecule has 2 aliphatic heterocycles. The van der Waals surface area contributed by atoms with Crippen molar-refractivity contribution in [2.75, 3.05) is 13.3 Å². The fourth-order valence-electron chi connectivity index (χ4n) is 3.09. The number of nitrogens with zero attached hydrogens (tertiary/aromatic N) is 2. The fourth-order valence-corrected chi connectivity index (χ4v) is 3.90. The van der Waals surface area contributed by atoms with E-state index in [0.29, 0.717) is 6.54 Å². The maximum Gasteiger partial charge on any atom is 0.234 e. The second kappa shape index (κ2) is 5.82. The number of carbonyl (C=O) groups is 1. The lowest BCUT2D eigenvalue weighted by atomic mass is 10.2. The first-order valence-corrected chi connectivity index (χ1v) is 8.46. The number of rotatable bonds is 4. The number of amides is 1. The Labute approximate surface area is 137 Å². The first-order chi connectivity index (χ1) is 11.2. The van der Waals surface area contributed by atoms with Crippen LogP contribution in [0.4, 0.5) is 0 Å². The minimum Gasteiger partial charge on any atom is -0.454 e. The molecule has 2 N–H and O–H groups in total. The third-order valence-electron chi connectivity index (χ3n) is 4.23. The highest BCUT2D eigenvalue weighted by molar-refractivity contribution is 7.13. The van der Waals surface area contributed by atoms with Gasteiger partial charge in [0.05, 0.1) is 11.7 Å². The van der Waals surface area contributed by atoms with Gasteiger partial charge in [0, 0.05) is 17.5 Å². The zero-order valence-electron chi connectivity index (χ0n) is 12.5. The summed E-state index contributed by atoms with van der Waals surface area (Å²) in [6, 6.07) is 5.68. The highest BCUT2D eigenvalue weighted by Crippen LogP contribution is 2.36. The first kappa shape index (κ1) is 14.5. The maximum absolute atomic E-state index is 11.5. The quantitative estimate of drug-likeness (QED) is 0.927. The fraction of sp³-hybridized carbons (Fsp3) is 0.375. The molecular weight excluding hydrogens is 314 g/mol. The van der Waals surface area contributed by atoms with E-state index in [1.54, 1.807) is 11.3 Å². The minimum atomic E-state index is -0.242. The molecular formula is C16H17N3O3S. The summed E-state index contributed by atoms with van der Waals surface area (Å²) in [5.74, 6) is 1.29. The molecule has 3 heterocycles. The number of aromatic nitrogens is 1. The van der Waals surface area contributed by atoms with Crippen LogP contribution in [0.5, 0.6) is 11.5 Å². The van der Waals surface area contributed by atoms with Gasteiger partial charge in [0.25, 0.3) is 0 Å². The topological polar surface area (TPSA) is 77.7 Å². The molecule has 6 nitrogen and oxygen atoms in total. The van der Waals surface area contributed by atoms with Crippen molar-refractivity contribution in [3.05, 3.63) is 29.3 Å². The molecule has 2 aliphatic rings. The number of fused-ring (bicyclic) bond motifs is 1. The second-order valence-corrected chi connectivity index (χ2v) is 6.60. The molecule has 1 saturated heterocycles. The summed E-state index contributed by atoms with van der Waals surface area (Å²) in [7, 11) is 0. The van der Waals surface area contributed by atoms with Gasteiger partial charge in [-0.15, -0.1) is 11.3 Å². The summed E-state index contributed by atoms with van der Waals surface area (Å²) in [4.78, 5) is 18.3. The van der Waals surface area contributed by atoms with Gasteiger partial charge in [-0.3, -0.25) is 9.69 Å². The van der Waals surface area contributed by atoms with Crippen molar-refractivity contribution < 1.29 is 14.3 Å². The molecule has 23 heavy (non-hydrogen) atoms. The van der Waals surface area contributed by atoms with Crippen molar-refractivity contribution >= 4 is 17.2 Å². The zero-order chi connectivity index (χ0) is 15.8. The van der Waals surface area contributed by atoms with Crippen molar-refractivity contribution in [3.8, 4) is 22.1 Å². The largest absolute Gasteiger partial charge is 0.454 e. The highest BCUT2D eigenvalue weighted by atomic mass is 32.1. The molecule has 1 atom stereocenters. The Morgan fingerprint density at radius 3 is 3.13 bits per heavy atom. The number of likely N-dealkylation sites (tertiary alicyclic amines) is 1. The van der Waals surface area contributed by atoms with Crippen LogP contribution >= 0.6 is 11.3 Å². The van der Waals surface area contributed by atoms with Crippen LogP contribution in [0.1, 0.15) is 18.5 Å². The van der Waals surface area contributed by atoms with Crippen molar-refractivity contribution in [2.24, 2.45) is 5.73 Å². The first-order valence-electron chi connectivity index (χ1n) is 7.58. The minimum absolute atomic E-state index is 0.161. The Bertz CT molecular complexity index is 746. The summed E-state index contributed by atoms with van der Waals surface area (Å²) in [5, 5.41) is 2.98. The monoisotopic (exact) mass is 331 g/mol. The van der Waals surface area contributed by atoms with Crippen LogP contribution in [-0.4, -0.2) is 35.2 Å². The second-order valence-electron chi connectivity index (χ2n) is 5.74. The predicted molar refractivity (Wildman–Crippen MR) is 86.3 cm³/mol. The summed E-state index contributed by atoms with van der Waals surface area (Å²) in [5.41, 5.74) is 7.45. The standard InChI is InChI=1S/C16H17N3O3S/c17-15(20)12-2-1-5-19(12)7-11-8-23-16(18-11)10-3-4-13-14(6-10)22-9-21-13/h3-4,6,8,12H,1-2,5,7,9H2,(H2,17,20)/t12-/m0/s1. The molecule has 0 unspecified atom stereocenters. The van der Waals surface area contributed by atoms with Crippen LogP contribution < -0.4 is 15.2 Å². The Hall–Kier alpha value is -2.12. The highest BCUT2D eigenvalue weighted by Gasteiger charge is 2.29. The summed E-state index contributed by atoms with van der Waals surface area (Å²) >= 11 is 1.59. The van der Waals surface area contributed by atoms with E-state index in [-0.39, 0.29) is 18.7 Å². The summed E-state index contributed by atoms with van der Waals surface area (Å²) < 4.78 is 10.7. The Morgan fingerprint density at radius 1 is 1.39 bits per heavy atom. The summed E-state index contributed by atoms with van der Waals surface area (Å²) in [6.45, 7) is 1.82. The molecule has 0 bridgehead atoms. The number of carbonyl (C=O) groups excluding carboxylic acids is 1. The van der Waals surface area contributed by atoms with Gasteiger partial charge in [-0.25, -0.2) is 4.98 Å². The predicted octanol–water partition coefficient (Wildman–Crippen LogP) is 1.99. The number of ether oxygens (including phenoxy) is 2. The number of thiazole rings is 1. The SMILES string of the molecule is NC(=O)[C@@H]1CCCN1Cc1csc(-c2ccc3c(c2)OCO3)n1. The molecule has 1 aromatic heterocycles. The van der Waals surface area contributed by atoms with E-state index in [1.807, 2.05) is 23.6 Å². The number of benzene rings is 1. The lowest BCUT2D eigenvalue weighted by Gasteiger charge is -2.20. The third-order valence-corrected chi connectivity index (χ3v) is 5.17. The van der Waals surface area contributed by atoms with Crippen LogP contribution in [0.2, 0.25) is 0 Å². The molecule has 4 rings (SSSR count). The molecule has 0 spiro atoms. The molecule has 7 heteroatoms. The van der Waals surface area contributed by atoms with E-state index >= 15 is 0 Å².